The van der Waals surface area contributed by atoms with Crippen LogP contribution in [0.1, 0.15) is 5.56 Å². The van der Waals surface area contributed by atoms with Crippen molar-refractivity contribution in [3.05, 3.63) is 56.9 Å². The topological polar surface area (TPSA) is 78.7 Å². The first-order valence-corrected chi connectivity index (χ1v) is 5.84. The van der Waals surface area contributed by atoms with Gasteiger partial charge in [-0.05, 0) is 18.2 Å². The van der Waals surface area contributed by atoms with Crippen LogP contribution in [0.25, 0.3) is 6.08 Å². The molecule has 0 N–H and O–H groups in total. The van der Waals surface area contributed by atoms with Crippen LogP contribution >= 0.6 is 15.9 Å². The minimum atomic E-state index is -0.574. The highest BCUT2D eigenvalue weighted by Gasteiger charge is 2.03. The van der Waals surface area contributed by atoms with E-state index in [-0.39, 0.29) is 0 Å². The third kappa shape index (κ3) is 5.35. The van der Waals surface area contributed by atoms with Crippen LogP contribution in [-0.4, -0.2) is 18.0 Å². The van der Waals surface area contributed by atoms with Crippen molar-refractivity contribution in [3.63, 3.8) is 0 Å². The molecule has 0 spiro atoms. The zero-order chi connectivity index (χ0) is 14.3. The molecule has 0 aliphatic rings. The van der Waals surface area contributed by atoms with Crippen LogP contribution in [0.5, 0.6) is 5.75 Å². The van der Waals surface area contributed by atoms with Crippen molar-refractivity contribution in [2.75, 3.05) is 7.11 Å². The molecule has 19 heavy (non-hydrogen) atoms. The molecule has 0 saturated heterocycles. The van der Waals surface area contributed by atoms with Gasteiger partial charge in [-0.15, -0.1) is 0 Å². The van der Waals surface area contributed by atoms with Crippen LogP contribution in [0.2, 0.25) is 0 Å². The van der Waals surface area contributed by atoms with E-state index in [1.54, 1.807) is 18.2 Å². The number of methoxy groups -OCH3 is 1. The number of ether oxygens (including phenoxy) is 2. The van der Waals surface area contributed by atoms with E-state index in [2.05, 4.69) is 20.7 Å². The van der Waals surface area contributed by atoms with Gasteiger partial charge >= 0.3 is 5.97 Å². The Morgan fingerprint density at radius 1 is 1.47 bits per heavy atom. The Labute approximate surface area is 117 Å². The smallest absolute Gasteiger partial charge is 0.333 e. The van der Waals surface area contributed by atoms with Gasteiger partial charge in [-0.1, -0.05) is 15.9 Å². The number of rotatable bonds is 5. The fourth-order valence-electron chi connectivity index (χ4n) is 1.13. The summed E-state index contributed by atoms with van der Waals surface area (Å²) in [5.41, 5.74) is 0.501. The van der Waals surface area contributed by atoms with Crippen LogP contribution in [0, 0.1) is 10.1 Å². The number of nitrogens with zero attached hydrogens (tertiary/aromatic N) is 1. The number of hydrogen-bond acceptors (Lipinski definition) is 5. The molecule has 0 aliphatic heterocycles. The van der Waals surface area contributed by atoms with E-state index in [0.717, 1.165) is 23.0 Å². The number of halogens is 1. The molecule has 0 bridgehead atoms. The number of benzene rings is 1. The summed E-state index contributed by atoms with van der Waals surface area (Å²) in [7, 11) is 1.25. The van der Waals surface area contributed by atoms with Crippen molar-refractivity contribution in [2.45, 2.75) is 0 Å². The average Bonchev–Trinajstić information content (AvgIpc) is 2.38. The summed E-state index contributed by atoms with van der Waals surface area (Å²) >= 11 is 3.25. The standard InChI is InChI=1S/C12H10BrNO5/c1-18-12(15)5-7-19-11-3-2-10(13)8-9(11)4-6-14(16)17/h2-8H,1H3/b6-4+,7-5+. The minimum Gasteiger partial charge on any atom is -0.466 e. The predicted molar refractivity (Wildman–Crippen MR) is 72.0 cm³/mol. The average molecular weight is 328 g/mol. The van der Waals surface area contributed by atoms with E-state index in [1.165, 1.54) is 13.2 Å². The molecule has 7 heteroatoms. The monoisotopic (exact) mass is 327 g/mol. The fourth-order valence-corrected chi connectivity index (χ4v) is 1.51. The maximum atomic E-state index is 10.9. The van der Waals surface area contributed by atoms with E-state index in [0.29, 0.717) is 11.3 Å². The fraction of sp³-hybridized carbons (Fsp3) is 0.0833. The van der Waals surface area contributed by atoms with E-state index in [1.807, 2.05) is 0 Å². The minimum absolute atomic E-state index is 0.376. The summed E-state index contributed by atoms with van der Waals surface area (Å²) < 4.78 is 10.4. The molecule has 0 heterocycles. The van der Waals surface area contributed by atoms with E-state index >= 15 is 0 Å². The summed E-state index contributed by atoms with van der Waals surface area (Å²) in [6.07, 6.45) is 4.35. The van der Waals surface area contributed by atoms with Gasteiger partial charge in [0.2, 0.25) is 6.20 Å². The zero-order valence-corrected chi connectivity index (χ0v) is 11.5. The highest BCUT2D eigenvalue weighted by Crippen LogP contribution is 2.24. The summed E-state index contributed by atoms with van der Waals surface area (Å²) in [5.74, 6) is -0.180. The van der Waals surface area contributed by atoms with Gasteiger partial charge in [-0.2, -0.15) is 0 Å². The first-order chi connectivity index (χ1) is 9.02. The van der Waals surface area contributed by atoms with Gasteiger partial charge in [0.05, 0.1) is 24.4 Å². The second-order valence-corrected chi connectivity index (χ2v) is 4.14. The lowest BCUT2D eigenvalue weighted by atomic mass is 10.2. The molecule has 0 unspecified atom stereocenters. The molecule has 0 atom stereocenters. The van der Waals surface area contributed by atoms with Gasteiger partial charge in [0.15, 0.2) is 0 Å². The Bertz CT molecular complexity index is 539. The zero-order valence-electron chi connectivity index (χ0n) is 9.91. The van der Waals surface area contributed by atoms with Crippen molar-refractivity contribution >= 4 is 28.0 Å². The third-order valence-corrected chi connectivity index (χ3v) is 2.44. The largest absolute Gasteiger partial charge is 0.466 e. The SMILES string of the molecule is COC(=O)/C=C/Oc1ccc(Br)cc1/C=C/[N+](=O)[O-]. The summed E-state index contributed by atoms with van der Waals surface area (Å²) in [6.45, 7) is 0. The summed E-state index contributed by atoms with van der Waals surface area (Å²) in [6, 6.07) is 4.98. The molecule has 100 valence electrons. The number of carbonyl (C=O) groups is 1. The van der Waals surface area contributed by atoms with Crippen molar-refractivity contribution in [2.24, 2.45) is 0 Å². The van der Waals surface area contributed by atoms with E-state index in [4.69, 9.17) is 4.74 Å². The van der Waals surface area contributed by atoms with Crippen LogP contribution in [0.4, 0.5) is 0 Å². The van der Waals surface area contributed by atoms with Gasteiger partial charge in [0, 0.05) is 16.1 Å². The highest BCUT2D eigenvalue weighted by atomic mass is 79.9. The molecule has 1 aromatic rings. The van der Waals surface area contributed by atoms with Gasteiger partial charge in [0.25, 0.3) is 0 Å². The lowest BCUT2D eigenvalue weighted by Gasteiger charge is -2.04. The number of nitro groups is 1. The molecular formula is C12H10BrNO5. The molecule has 6 nitrogen and oxygen atoms in total. The molecule has 0 fully saturated rings. The Kier molecular flexibility index (Phi) is 5.74. The maximum Gasteiger partial charge on any atom is 0.333 e. The van der Waals surface area contributed by atoms with Crippen LogP contribution in [0.15, 0.2) is 41.2 Å². The molecule has 0 radical (unpaired) electrons. The van der Waals surface area contributed by atoms with Gasteiger partial charge < -0.3 is 9.47 Å². The van der Waals surface area contributed by atoms with E-state index < -0.39 is 10.9 Å². The van der Waals surface area contributed by atoms with Crippen LogP contribution < -0.4 is 4.74 Å². The van der Waals surface area contributed by atoms with Crippen molar-refractivity contribution in [3.8, 4) is 5.75 Å². The van der Waals surface area contributed by atoms with Gasteiger partial charge in [-0.3, -0.25) is 10.1 Å². The Balaban J connectivity index is 2.90. The Morgan fingerprint density at radius 3 is 2.84 bits per heavy atom. The first-order valence-electron chi connectivity index (χ1n) is 5.05. The normalized spacial score (nSPS) is 10.8. The highest BCUT2D eigenvalue weighted by molar-refractivity contribution is 9.10. The van der Waals surface area contributed by atoms with E-state index in [9.17, 15) is 14.9 Å². The maximum absolute atomic E-state index is 10.9. The Hall–Kier alpha value is -2.15. The predicted octanol–water partition coefficient (Wildman–Crippen LogP) is 2.76. The Morgan fingerprint density at radius 2 is 2.21 bits per heavy atom. The summed E-state index contributed by atoms with van der Waals surface area (Å²) in [5, 5.41) is 10.3. The molecule has 0 saturated carbocycles. The number of carbonyl (C=O) groups excluding carboxylic acids is 1. The first kappa shape index (κ1) is 14.9. The lowest BCUT2D eigenvalue weighted by Crippen LogP contribution is -1.95. The summed E-state index contributed by atoms with van der Waals surface area (Å²) in [4.78, 5) is 20.6. The molecule has 0 aromatic heterocycles. The van der Waals surface area contributed by atoms with Crippen molar-refractivity contribution in [1.82, 2.24) is 0 Å². The second kappa shape index (κ2) is 7.32. The van der Waals surface area contributed by atoms with Gasteiger partial charge in [-0.25, -0.2) is 4.79 Å². The second-order valence-electron chi connectivity index (χ2n) is 3.23. The third-order valence-electron chi connectivity index (χ3n) is 1.95. The van der Waals surface area contributed by atoms with Crippen molar-refractivity contribution < 1.29 is 19.2 Å². The van der Waals surface area contributed by atoms with Gasteiger partial charge in [0.1, 0.15) is 5.75 Å². The molecule has 0 amide bonds. The number of hydrogen-bond donors (Lipinski definition) is 0. The molecular weight excluding hydrogens is 318 g/mol. The van der Waals surface area contributed by atoms with Crippen LogP contribution in [-0.2, 0) is 9.53 Å². The lowest BCUT2D eigenvalue weighted by molar-refractivity contribution is -0.400. The molecule has 0 aliphatic carbocycles. The van der Waals surface area contributed by atoms with Crippen molar-refractivity contribution in [1.29, 1.82) is 0 Å². The molecule has 1 rings (SSSR count). The number of esters is 1. The quantitative estimate of drug-likeness (QED) is 0.273. The molecule has 1 aromatic carbocycles. The van der Waals surface area contributed by atoms with Crippen LogP contribution in [0.3, 0.4) is 0 Å².